The Hall–Kier alpha value is -1.12. The van der Waals surface area contributed by atoms with Crippen molar-refractivity contribution in [1.82, 2.24) is 0 Å². The van der Waals surface area contributed by atoms with Gasteiger partial charge in [0, 0.05) is 18.6 Å². The number of rotatable bonds is 6. The van der Waals surface area contributed by atoms with Gasteiger partial charge in [-0.3, -0.25) is 4.72 Å². The molecule has 6 nitrogen and oxygen atoms in total. The van der Waals surface area contributed by atoms with Gasteiger partial charge in [0.15, 0.2) is 9.84 Å². The normalized spacial score (nSPS) is 12.3. The Morgan fingerprint density at radius 1 is 1.11 bits per heavy atom. The van der Waals surface area contributed by atoms with Gasteiger partial charge < -0.3 is 5.11 Å². The van der Waals surface area contributed by atoms with E-state index in [1.54, 1.807) is 0 Å². The van der Waals surface area contributed by atoms with Crippen LogP contribution >= 0.6 is 0 Å². The van der Waals surface area contributed by atoms with Crippen molar-refractivity contribution in [3.63, 3.8) is 0 Å². The summed E-state index contributed by atoms with van der Waals surface area (Å²) in [5, 5.41) is 8.56. The van der Waals surface area contributed by atoms with Crippen LogP contribution < -0.4 is 4.72 Å². The predicted molar refractivity (Wildman–Crippen MR) is 68.7 cm³/mol. The van der Waals surface area contributed by atoms with E-state index in [4.69, 9.17) is 5.11 Å². The Morgan fingerprint density at radius 3 is 2.11 bits per heavy atom. The molecule has 0 bridgehead atoms. The number of hydrogen-bond donors (Lipinski definition) is 2. The lowest BCUT2D eigenvalue weighted by Crippen LogP contribution is -2.17. The Kier molecular flexibility index (Phi) is 4.71. The lowest BCUT2D eigenvalue weighted by molar-refractivity contribution is 0.295. The topological polar surface area (TPSA) is 101 Å². The van der Waals surface area contributed by atoms with Crippen LogP contribution in [0, 0.1) is 0 Å². The molecule has 0 aliphatic heterocycles. The minimum absolute atomic E-state index is 0.126. The molecular formula is C10H15NO5S2. The molecule has 0 saturated carbocycles. The molecule has 8 heteroatoms. The Balaban J connectivity index is 2.82. The lowest BCUT2D eigenvalue weighted by Gasteiger charge is -2.07. The van der Waals surface area contributed by atoms with Crippen molar-refractivity contribution in [2.24, 2.45) is 0 Å². The first-order chi connectivity index (χ1) is 8.24. The van der Waals surface area contributed by atoms with E-state index < -0.39 is 19.9 Å². The number of nitrogens with one attached hydrogen (secondary N) is 1. The number of aliphatic hydroxyl groups is 1. The van der Waals surface area contributed by atoms with Crippen molar-refractivity contribution < 1.29 is 21.9 Å². The second kappa shape index (κ2) is 5.68. The number of aliphatic hydroxyl groups excluding tert-OH is 1. The van der Waals surface area contributed by atoms with E-state index in [0.717, 1.165) is 6.26 Å². The van der Waals surface area contributed by atoms with E-state index in [2.05, 4.69) is 4.72 Å². The van der Waals surface area contributed by atoms with Crippen molar-refractivity contribution >= 4 is 25.5 Å². The van der Waals surface area contributed by atoms with Gasteiger partial charge in [-0.05, 0) is 30.7 Å². The monoisotopic (exact) mass is 293 g/mol. The molecule has 0 radical (unpaired) electrons. The first-order valence-electron chi connectivity index (χ1n) is 5.16. The maximum absolute atomic E-state index is 11.5. The summed E-state index contributed by atoms with van der Waals surface area (Å²) >= 11 is 0. The Morgan fingerprint density at radius 2 is 1.67 bits per heavy atom. The number of sulfone groups is 1. The molecule has 0 heterocycles. The maximum atomic E-state index is 11.5. The van der Waals surface area contributed by atoms with Crippen LogP contribution in [0.5, 0.6) is 0 Å². The van der Waals surface area contributed by atoms with Gasteiger partial charge in [-0.15, -0.1) is 0 Å². The molecule has 0 amide bonds. The van der Waals surface area contributed by atoms with Crippen molar-refractivity contribution in [2.75, 3.05) is 23.3 Å². The van der Waals surface area contributed by atoms with Gasteiger partial charge in [0.1, 0.15) is 0 Å². The molecule has 0 aliphatic carbocycles. The molecule has 0 unspecified atom stereocenters. The summed E-state index contributed by atoms with van der Waals surface area (Å²) in [7, 11) is -6.79. The zero-order valence-electron chi connectivity index (χ0n) is 9.83. The molecule has 0 atom stereocenters. The van der Waals surface area contributed by atoms with Crippen LogP contribution in [-0.4, -0.2) is 40.6 Å². The molecular weight excluding hydrogens is 278 g/mol. The summed E-state index contributed by atoms with van der Waals surface area (Å²) in [6.07, 6.45) is 1.23. The molecule has 102 valence electrons. The van der Waals surface area contributed by atoms with Crippen LogP contribution in [0.3, 0.4) is 0 Å². The van der Waals surface area contributed by atoms with Gasteiger partial charge in [0.2, 0.25) is 10.0 Å². The van der Waals surface area contributed by atoms with Crippen molar-refractivity contribution in [3.05, 3.63) is 24.3 Å². The van der Waals surface area contributed by atoms with Crippen LogP contribution in [0.15, 0.2) is 29.2 Å². The molecule has 2 N–H and O–H groups in total. The third kappa shape index (κ3) is 4.63. The molecule has 0 aliphatic rings. The molecule has 18 heavy (non-hydrogen) atoms. The summed E-state index contributed by atoms with van der Waals surface area (Å²) in [6.45, 7) is -0.200. The quantitative estimate of drug-likeness (QED) is 0.781. The predicted octanol–water partition coefficient (Wildman–Crippen LogP) is 0.214. The van der Waals surface area contributed by atoms with Crippen molar-refractivity contribution in [3.8, 4) is 0 Å². The van der Waals surface area contributed by atoms with Gasteiger partial charge in [-0.25, -0.2) is 16.8 Å². The average molecular weight is 293 g/mol. The summed E-state index contributed by atoms with van der Waals surface area (Å²) < 4.78 is 47.7. The number of anilines is 1. The highest BCUT2D eigenvalue weighted by molar-refractivity contribution is 7.92. The Labute approximate surface area is 107 Å². The molecule has 1 rings (SSSR count). The van der Waals surface area contributed by atoms with E-state index in [-0.39, 0.29) is 23.7 Å². The minimum atomic E-state index is -3.50. The molecule has 0 fully saturated rings. The number of sulfonamides is 1. The third-order valence-electron chi connectivity index (χ3n) is 2.13. The second-order valence-electron chi connectivity index (χ2n) is 3.79. The number of hydrogen-bond acceptors (Lipinski definition) is 5. The number of benzene rings is 1. The molecule has 1 aromatic rings. The van der Waals surface area contributed by atoms with Gasteiger partial charge in [-0.2, -0.15) is 0 Å². The molecule has 0 spiro atoms. The highest BCUT2D eigenvalue weighted by Crippen LogP contribution is 2.15. The van der Waals surface area contributed by atoms with Crippen LogP contribution in [0.1, 0.15) is 6.42 Å². The standard InChI is InChI=1S/C10H15NO5S2/c1-17(13,14)10-5-3-9(4-6-10)11-18(15,16)8-2-7-12/h3-6,11-12H,2,7-8H2,1H3. The van der Waals surface area contributed by atoms with E-state index in [1.807, 2.05) is 0 Å². The summed E-state index contributed by atoms with van der Waals surface area (Å²) in [6, 6.07) is 5.43. The minimum Gasteiger partial charge on any atom is -0.396 e. The molecule has 0 saturated heterocycles. The zero-order valence-corrected chi connectivity index (χ0v) is 11.5. The van der Waals surface area contributed by atoms with Gasteiger partial charge in [-0.1, -0.05) is 0 Å². The highest BCUT2D eigenvalue weighted by atomic mass is 32.2. The van der Waals surface area contributed by atoms with E-state index >= 15 is 0 Å². The van der Waals surface area contributed by atoms with Crippen LogP contribution in [-0.2, 0) is 19.9 Å². The van der Waals surface area contributed by atoms with Gasteiger partial charge in [0.25, 0.3) is 0 Å². The van der Waals surface area contributed by atoms with Crippen molar-refractivity contribution in [1.29, 1.82) is 0 Å². The summed E-state index contributed by atoms with van der Waals surface area (Å²) in [5.74, 6) is -0.183. The fraction of sp³-hybridized carbons (Fsp3) is 0.400. The van der Waals surface area contributed by atoms with Crippen LogP contribution in [0.2, 0.25) is 0 Å². The maximum Gasteiger partial charge on any atom is 0.232 e. The average Bonchev–Trinajstić information content (AvgIpc) is 2.25. The van der Waals surface area contributed by atoms with Gasteiger partial charge in [0.05, 0.1) is 10.6 Å². The highest BCUT2D eigenvalue weighted by Gasteiger charge is 2.11. The van der Waals surface area contributed by atoms with E-state index in [9.17, 15) is 16.8 Å². The fourth-order valence-electron chi connectivity index (χ4n) is 1.26. The third-order valence-corrected chi connectivity index (χ3v) is 4.63. The first kappa shape index (κ1) is 14.9. The fourth-order valence-corrected chi connectivity index (χ4v) is 2.99. The second-order valence-corrected chi connectivity index (χ2v) is 7.65. The summed E-state index contributed by atoms with van der Waals surface area (Å²) in [5.41, 5.74) is 0.292. The van der Waals surface area contributed by atoms with E-state index in [0.29, 0.717) is 5.69 Å². The van der Waals surface area contributed by atoms with Gasteiger partial charge >= 0.3 is 0 Å². The lowest BCUT2D eigenvalue weighted by atomic mass is 10.3. The van der Waals surface area contributed by atoms with Crippen molar-refractivity contribution in [2.45, 2.75) is 11.3 Å². The molecule has 0 aromatic heterocycles. The Bertz CT molecular complexity index is 590. The largest absolute Gasteiger partial charge is 0.396 e. The van der Waals surface area contributed by atoms with Crippen LogP contribution in [0.4, 0.5) is 5.69 Å². The SMILES string of the molecule is CS(=O)(=O)c1ccc(NS(=O)(=O)CCCO)cc1. The molecule has 1 aromatic carbocycles. The van der Waals surface area contributed by atoms with E-state index in [1.165, 1.54) is 24.3 Å². The smallest absolute Gasteiger partial charge is 0.232 e. The zero-order chi connectivity index (χ0) is 13.8. The first-order valence-corrected chi connectivity index (χ1v) is 8.70. The summed E-state index contributed by atoms with van der Waals surface area (Å²) in [4.78, 5) is 0.126. The van der Waals surface area contributed by atoms with Crippen LogP contribution in [0.25, 0.3) is 0 Å².